The summed E-state index contributed by atoms with van der Waals surface area (Å²) in [5.41, 5.74) is 1.84. The number of benzene rings is 2. The first-order valence-electron chi connectivity index (χ1n) is 10.6. The number of terminal acetylenes is 1. The minimum Gasteiger partial charge on any atom is -0.337 e. The molecule has 1 fully saturated rings. The third-order valence-corrected chi connectivity index (χ3v) is 6.74. The van der Waals surface area contributed by atoms with Crippen molar-refractivity contribution in [2.24, 2.45) is 0 Å². The molecule has 1 saturated heterocycles. The minimum absolute atomic E-state index is 0.0330. The van der Waals surface area contributed by atoms with Crippen molar-refractivity contribution in [1.82, 2.24) is 14.8 Å². The molecule has 0 spiro atoms. The van der Waals surface area contributed by atoms with Gasteiger partial charge in [0.05, 0.1) is 6.42 Å². The molecule has 0 aliphatic carbocycles. The molecule has 1 aliphatic rings. The quantitative estimate of drug-likeness (QED) is 0.428. The Hall–Kier alpha value is -3.28. The Balaban J connectivity index is 1.44. The lowest BCUT2D eigenvalue weighted by Crippen LogP contribution is -2.54. The van der Waals surface area contributed by atoms with Crippen LogP contribution in [0.25, 0.3) is 10.8 Å². The molecule has 3 aromatic rings. The number of carbonyl (C=O) groups is 1. The average Bonchev–Trinajstić information content (AvgIpc) is 2.78. The molecule has 0 bridgehead atoms. The van der Waals surface area contributed by atoms with Gasteiger partial charge < -0.3 is 4.90 Å². The third-order valence-electron chi connectivity index (χ3n) is 5.95. The zero-order valence-electron chi connectivity index (χ0n) is 18.2. The van der Waals surface area contributed by atoms with Gasteiger partial charge in [-0.05, 0) is 41.6 Å². The first kappa shape index (κ1) is 22.9. The summed E-state index contributed by atoms with van der Waals surface area (Å²) in [7, 11) is -4.85. The van der Waals surface area contributed by atoms with Crippen LogP contribution >= 0.6 is 0 Å². The van der Waals surface area contributed by atoms with E-state index >= 15 is 0 Å². The number of piperazine rings is 1. The van der Waals surface area contributed by atoms with E-state index in [1.807, 2.05) is 36.1 Å². The Morgan fingerprint density at radius 1 is 1.21 bits per heavy atom. The zero-order chi connectivity index (χ0) is 23.6. The van der Waals surface area contributed by atoms with Crippen LogP contribution in [0.15, 0.2) is 59.8 Å². The molecule has 1 atom stereocenters. The van der Waals surface area contributed by atoms with Gasteiger partial charge in [-0.2, -0.15) is 8.42 Å². The smallest absolute Gasteiger partial charge is 0.332 e. The Kier molecular flexibility index (Phi) is 6.45. The predicted octanol–water partition coefficient (Wildman–Crippen LogP) is 3.15. The van der Waals surface area contributed by atoms with Gasteiger partial charge in [0.15, 0.2) is 0 Å². The van der Waals surface area contributed by atoms with Crippen LogP contribution in [0, 0.1) is 12.3 Å². The lowest BCUT2D eigenvalue weighted by atomic mass is 10.0. The summed E-state index contributed by atoms with van der Waals surface area (Å²) in [6.45, 7) is 4.17. The number of rotatable bonds is 5. The number of amides is 1. The van der Waals surface area contributed by atoms with E-state index in [0.717, 1.165) is 22.4 Å². The Labute approximate surface area is 193 Å². The third kappa shape index (κ3) is 5.21. The number of fused-ring (bicyclic) bond motifs is 1. The van der Waals surface area contributed by atoms with E-state index in [4.69, 9.17) is 6.42 Å². The highest BCUT2D eigenvalue weighted by Gasteiger charge is 2.28. The number of carbonyl (C=O) groups excluding carboxylic acids is 1. The molecule has 0 saturated carbocycles. The van der Waals surface area contributed by atoms with Crippen molar-refractivity contribution in [3.8, 4) is 12.3 Å². The Morgan fingerprint density at radius 3 is 2.73 bits per heavy atom. The van der Waals surface area contributed by atoms with Crippen molar-refractivity contribution in [2.45, 2.75) is 30.8 Å². The molecular weight excluding hydrogens is 441 g/mol. The zero-order valence-corrected chi connectivity index (χ0v) is 19.1. The summed E-state index contributed by atoms with van der Waals surface area (Å²) < 4.78 is 36.2. The van der Waals surface area contributed by atoms with Gasteiger partial charge in [0.25, 0.3) is 0 Å². The van der Waals surface area contributed by atoms with Crippen LogP contribution in [0.5, 0.6) is 0 Å². The summed E-state index contributed by atoms with van der Waals surface area (Å²) in [6.07, 6.45) is 9.22. The van der Waals surface area contributed by atoms with Crippen LogP contribution in [0.1, 0.15) is 23.6 Å². The number of pyridine rings is 1. The Bertz CT molecular complexity index is 1350. The average molecular weight is 466 g/mol. The molecule has 6 nitrogen and oxygen atoms in total. The van der Waals surface area contributed by atoms with Crippen LogP contribution in [-0.4, -0.2) is 54.8 Å². The van der Waals surface area contributed by atoms with Gasteiger partial charge in [-0.15, -0.1) is 10.3 Å². The molecule has 170 valence electrons. The van der Waals surface area contributed by atoms with Crippen molar-refractivity contribution in [3.63, 3.8) is 0 Å². The van der Waals surface area contributed by atoms with E-state index in [-0.39, 0.29) is 18.4 Å². The molecule has 2 heterocycles. The van der Waals surface area contributed by atoms with Crippen LogP contribution < -0.4 is 0 Å². The maximum absolute atomic E-state index is 13.5. The topological polar surface area (TPSA) is 70.6 Å². The second-order valence-electron chi connectivity index (χ2n) is 8.32. The van der Waals surface area contributed by atoms with Crippen molar-refractivity contribution in [1.29, 1.82) is 0 Å². The van der Waals surface area contributed by atoms with Gasteiger partial charge in [0, 0.05) is 55.6 Å². The van der Waals surface area contributed by atoms with Crippen molar-refractivity contribution < 1.29 is 17.1 Å². The van der Waals surface area contributed by atoms with Crippen LogP contribution in [0.4, 0.5) is 3.89 Å². The fraction of sp³-hybridized carbons (Fsp3) is 0.280. The second kappa shape index (κ2) is 9.30. The van der Waals surface area contributed by atoms with E-state index < -0.39 is 15.1 Å². The van der Waals surface area contributed by atoms with Crippen molar-refractivity contribution in [2.75, 3.05) is 19.6 Å². The molecule has 1 aliphatic heterocycles. The molecule has 1 amide bonds. The lowest BCUT2D eigenvalue weighted by molar-refractivity contribution is -0.135. The van der Waals surface area contributed by atoms with Gasteiger partial charge in [-0.3, -0.25) is 14.7 Å². The lowest BCUT2D eigenvalue weighted by Gasteiger charge is -2.40. The van der Waals surface area contributed by atoms with Crippen molar-refractivity contribution >= 4 is 26.9 Å². The number of hydrogen-bond donors (Lipinski definition) is 0. The number of halogens is 1. The van der Waals surface area contributed by atoms with E-state index in [1.54, 1.807) is 18.5 Å². The first-order chi connectivity index (χ1) is 15.7. The minimum atomic E-state index is -4.85. The summed E-state index contributed by atoms with van der Waals surface area (Å²) in [4.78, 5) is 20.9. The molecule has 0 unspecified atom stereocenters. The molecule has 4 rings (SSSR count). The molecule has 2 aromatic carbocycles. The highest BCUT2D eigenvalue weighted by Crippen LogP contribution is 2.22. The van der Waals surface area contributed by atoms with Gasteiger partial charge in [-0.1, -0.05) is 30.2 Å². The monoisotopic (exact) mass is 465 g/mol. The SMILES string of the molecule is C#Cc1cc(CN2CCN(C(=O)Cc3cncc4ccccc34)[C@H](C)C2)cc(S(=O)(=O)F)c1. The van der Waals surface area contributed by atoms with Crippen LogP contribution in [0.2, 0.25) is 0 Å². The number of aromatic nitrogens is 1. The summed E-state index contributed by atoms with van der Waals surface area (Å²) in [5, 5.41) is 2.03. The molecule has 33 heavy (non-hydrogen) atoms. The fourth-order valence-corrected chi connectivity index (χ4v) is 4.93. The molecule has 8 heteroatoms. The van der Waals surface area contributed by atoms with Gasteiger partial charge >= 0.3 is 10.2 Å². The number of hydrogen-bond acceptors (Lipinski definition) is 5. The molecule has 0 N–H and O–H groups in total. The molecular formula is C25H24FN3O3S. The fourth-order valence-electron chi connectivity index (χ4n) is 4.37. The van der Waals surface area contributed by atoms with E-state index in [9.17, 15) is 17.1 Å². The second-order valence-corrected chi connectivity index (χ2v) is 9.66. The standard InChI is InChI=1S/C25H24FN3O3S/c1-3-19-10-20(12-23(11-19)33(26,31)32)17-28-8-9-29(18(2)16-28)25(30)13-22-15-27-14-21-6-4-5-7-24(21)22/h1,4-7,10-12,14-15,18H,8-9,13,16-17H2,2H3/t18-/m1/s1. The van der Waals surface area contributed by atoms with Crippen LogP contribution in [0.3, 0.4) is 0 Å². The van der Waals surface area contributed by atoms with E-state index in [1.165, 1.54) is 6.07 Å². The van der Waals surface area contributed by atoms with Gasteiger partial charge in [0.1, 0.15) is 4.90 Å². The molecule has 0 radical (unpaired) electrons. The van der Waals surface area contributed by atoms with E-state index in [0.29, 0.717) is 37.3 Å². The van der Waals surface area contributed by atoms with Crippen molar-refractivity contribution in [3.05, 3.63) is 71.5 Å². The summed E-state index contributed by atoms with van der Waals surface area (Å²) in [6, 6.07) is 12.0. The largest absolute Gasteiger partial charge is 0.337 e. The van der Waals surface area contributed by atoms with Gasteiger partial charge in [0.2, 0.25) is 5.91 Å². The normalized spacial score (nSPS) is 17.1. The molecule has 1 aromatic heterocycles. The maximum atomic E-state index is 13.5. The van der Waals surface area contributed by atoms with Gasteiger partial charge in [-0.25, -0.2) is 0 Å². The van der Waals surface area contributed by atoms with Crippen LogP contribution in [-0.2, 0) is 28.0 Å². The summed E-state index contributed by atoms with van der Waals surface area (Å²) in [5.74, 6) is 2.42. The number of nitrogens with zero attached hydrogens (tertiary/aromatic N) is 3. The Morgan fingerprint density at radius 2 is 2.00 bits per heavy atom. The van der Waals surface area contributed by atoms with E-state index in [2.05, 4.69) is 15.8 Å². The summed E-state index contributed by atoms with van der Waals surface area (Å²) >= 11 is 0. The predicted molar refractivity (Wildman–Crippen MR) is 125 cm³/mol. The maximum Gasteiger partial charge on any atom is 0.332 e. The highest BCUT2D eigenvalue weighted by molar-refractivity contribution is 7.86. The highest BCUT2D eigenvalue weighted by atomic mass is 32.3. The first-order valence-corrected chi connectivity index (χ1v) is 12.0.